The highest BCUT2D eigenvalue weighted by atomic mass is 16.5. The molecular weight excluding hydrogens is 272 g/mol. The third-order valence-electron chi connectivity index (χ3n) is 5.00. The van der Waals surface area contributed by atoms with Gasteiger partial charge in [-0.1, -0.05) is 19.3 Å². The molecule has 0 radical (unpaired) electrons. The zero-order valence-corrected chi connectivity index (χ0v) is 12.5. The molecule has 2 fully saturated rings. The molecular formula is C15H26N2O4. The van der Waals surface area contributed by atoms with Gasteiger partial charge >= 0.3 is 5.97 Å². The molecule has 0 aromatic rings. The van der Waals surface area contributed by atoms with E-state index < -0.39 is 16.9 Å². The minimum atomic E-state index is -0.856. The number of ether oxygens (including phenoxy) is 1. The first kappa shape index (κ1) is 16.2. The van der Waals surface area contributed by atoms with Crippen LogP contribution >= 0.6 is 0 Å². The normalized spacial score (nSPS) is 24.2. The number of carbonyl (C=O) groups excluding carboxylic acids is 1. The second-order valence-corrected chi connectivity index (χ2v) is 6.46. The summed E-state index contributed by atoms with van der Waals surface area (Å²) in [6, 6.07) is 0. The van der Waals surface area contributed by atoms with E-state index in [2.05, 4.69) is 5.32 Å². The lowest BCUT2D eigenvalue weighted by Gasteiger charge is -2.42. The van der Waals surface area contributed by atoms with E-state index in [-0.39, 0.29) is 18.9 Å². The first-order valence-corrected chi connectivity index (χ1v) is 7.84. The summed E-state index contributed by atoms with van der Waals surface area (Å²) in [5, 5.41) is 12.2. The maximum absolute atomic E-state index is 12.8. The zero-order chi connectivity index (χ0) is 15.3. The molecule has 1 heterocycles. The highest BCUT2D eigenvalue weighted by Crippen LogP contribution is 2.35. The molecule has 1 amide bonds. The topological polar surface area (TPSA) is 102 Å². The number of carbonyl (C=O) groups is 2. The molecule has 1 saturated carbocycles. The Kier molecular flexibility index (Phi) is 5.22. The molecule has 0 aromatic heterocycles. The fraction of sp³-hybridized carbons (Fsp3) is 0.867. The molecule has 1 aliphatic carbocycles. The van der Waals surface area contributed by atoms with E-state index in [9.17, 15) is 14.7 Å². The van der Waals surface area contributed by atoms with Crippen LogP contribution in [-0.4, -0.2) is 42.3 Å². The lowest BCUT2D eigenvalue weighted by molar-refractivity contribution is -0.142. The van der Waals surface area contributed by atoms with Gasteiger partial charge in [-0.2, -0.15) is 0 Å². The van der Waals surface area contributed by atoms with Crippen molar-refractivity contribution >= 4 is 11.9 Å². The van der Waals surface area contributed by atoms with Crippen LogP contribution in [0.5, 0.6) is 0 Å². The van der Waals surface area contributed by atoms with Crippen molar-refractivity contribution in [2.75, 3.05) is 19.8 Å². The Bertz CT molecular complexity index is 385. The predicted octanol–water partition coefficient (Wildman–Crippen LogP) is 1.04. The molecule has 2 aliphatic rings. The van der Waals surface area contributed by atoms with Crippen LogP contribution in [0.2, 0.25) is 0 Å². The molecule has 4 N–H and O–H groups in total. The Labute approximate surface area is 125 Å². The third kappa shape index (κ3) is 3.74. The van der Waals surface area contributed by atoms with Gasteiger partial charge in [0, 0.05) is 19.8 Å². The van der Waals surface area contributed by atoms with E-state index in [1.807, 2.05) is 0 Å². The number of aliphatic carboxylic acids is 1. The van der Waals surface area contributed by atoms with E-state index in [0.717, 1.165) is 32.1 Å². The SMILES string of the molecule is NCC1(C(=O)NC2(CC(=O)O)CCCCC2)CCOCC1. The molecule has 1 aliphatic heterocycles. The smallest absolute Gasteiger partial charge is 0.305 e. The summed E-state index contributed by atoms with van der Waals surface area (Å²) in [5.74, 6) is -0.942. The number of hydrogen-bond donors (Lipinski definition) is 3. The zero-order valence-electron chi connectivity index (χ0n) is 12.5. The van der Waals surface area contributed by atoms with E-state index >= 15 is 0 Å². The molecule has 0 spiro atoms. The van der Waals surface area contributed by atoms with Crippen molar-refractivity contribution in [3.05, 3.63) is 0 Å². The lowest BCUT2D eigenvalue weighted by Crippen LogP contribution is -2.58. The summed E-state index contributed by atoms with van der Waals surface area (Å²) in [5.41, 5.74) is 4.66. The number of rotatable bonds is 5. The summed E-state index contributed by atoms with van der Waals surface area (Å²) < 4.78 is 5.33. The van der Waals surface area contributed by atoms with Gasteiger partial charge in [-0.3, -0.25) is 9.59 Å². The molecule has 6 nitrogen and oxygen atoms in total. The van der Waals surface area contributed by atoms with Crippen LogP contribution in [-0.2, 0) is 14.3 Å². The monoisotopic (exact) mass is 298 g/mol. The summed E-state index contributed by atoms with van der Waals surface area (Å²) >= 11 is 0. The molecule has 0 unspecified atom stereocenters. The Morgan fingerprint density at radius 3 is 2.24 bits per heavy atom. The fourth-order valence-electron chi connectivity index (χ4n) is 3.52. The average molecular weight is 298 g/mol. The standard InChI is InChI=1S/C15H26N2O4/c16-11-14(6-8-21-9-7-14)13(20)17-15(10-12(18)19)4-2-1-3-5-15/h1-11,16H2,(H,17,20)(H,18,19). The first-order chi connectivity index (χ1) is 10.0. The van der Waals surface area contributed by atoms with Crippen molar-refractivity contribution in [2.24, 2.45) is 11.1 Å². The second kappa shape index (κ2) is 6.75. The van der Waals surface area contributed by atoms with E-state index in [1.54, 1.807) is 0 Å². The number of nitrogens with one attached hydrogen (secondary N) is 1. The second-order valence-electron chi connectivity index (χ2n) is 6.46. The van der Waals surface area contributed by atoms with Crippen LogP contribution in [0.4, 0.5) is 0 Å². The van der Waals surface area contributed by atoms with Crippen molar-refractivity contribution < 1.29 is 19.4 Å². The molecule has 21 heavy (non-hydrogen) atoms. The molecule has 0 aromatic carbocycles. The molecule has 2 rings (SSSR count). The summed E-state index contributed by atoms with van der Waals surface area (Å²) in [7, 11) is 0. The predicted molar refractivity (Wildman–Crippen MR) is 77.8 cm³/mol. The van der Waals surface area contributed by atoms with Crippen LogP contribution in [0.1, 0.15) is 51.4 Å². The van der Waals surface area contributed by atoms with Crippen molar-refractivity contribution in [2.45, 2.75) is 56.9 Å². The number of hydrogen-bond acceptors (Lipinski definition) is 4. The molecule has 0 atom stereocenters. The van der Waals surface area contributed by atoms with Crippen molar-refractivity contribution in [1.82, 2.24) is 5.32 Å². The van der Waals surface area contributed by atoms with Gasteiger partial charge in [0.05, 0.1) is 17.4 Å². The number of carboxylic acids is 1. The Hall–Kier alpha value is -1.14. The molecule has 1 saturated heterocycles. The summed E-state index contributed by atoms with van der Waals surface area (Å²) in [6.07, 6.45) is 5.73. The van der Waals surface area contributed by atoms with Crippen LogP contribution < -0.4 is 11.1 Å². The van der Waals surface area contributed by atoms with Crippen LogP contribution in [0.3, 0.4) is 0 Å². The van der Waals surface area contributed by atoms with Gasteiger partial charge in [-0.25, -0.2) is 0 Å². The van der Waals surface area contributed by atoms with Crippen LogP contribution in [0.25, 0.3) is 0 Å². The van der Waals surface area contributed by atoms with Gasteiger partial charge in [0.1, 0.15) is 0 Å². The first-order valence-electron chi connectivity index (χ1n) is 7.84. The van der Waals surface area contributed by atoms with Crippen molar-refractivity contribution in [1.29, 1.82) is 0 Å². The van der Waals surface area contributed by atoms with Gasteiger partial charge in [-0.05, 0) is 25.7 Å². The van der Waals surface area contributed by atoms with Gasteiger partial charge < -0.3 is 20.9 Å². The van der Waals surface area contributed by atoms with E-state index in [0.29, 0.717) is 26.1 Å². The third-order valence-corrected chi connectivity index (χ3v) is 5.00. The van der Waals surface area contributed by atoms with Crippen molar-refractivity contribution in [3.63, 3.8) is 0 Å². The van der Waals surface area contributed by atoms with Crippen LogP contribution in [0, 0.1) is 5.41 Å². The van der Waals surface area contributed by atoms with Gasteiger partial charge in [0.2, 0.25) is 5.91 Å². The maximum atomic E-state index is 12.8. The quantitative estimate of drug-likeness (QED) is 0.704. The number of carboxylic acid groups (broad SMARTS) is 1. The Balaban J connectivity index is 2.11. The van der Waals surface area contributed by atoms with E-state index in [4.69, 9.17) is 10.5 Å². The largest absolute Gasteiger partial charge is 0.481 e. The molecule has 6 heteroatoms. The highest BCUT2D eigenvalue weighted by Gasteiger charge is 2.44. The number of amides is 1. The maximum Gasteiger partial charge on any atom is 0.305 e. The Morgan fingerprint density at radius 2 is 1.71 bits per heavy atom. The minimum absolute atomic E-state index is 0.00408. The molecule has 120 valence electrons. The Morgan fingerprint density at radius 1 is 1.10 bits per heavy atom. The van der Waals surface area contributed by atoms with Gasteiger partial charge in [0.25, 0.3) is 0 Å². The van der Waals surface area contributed by atoms with E-state index in [1.165, 1.54) is 0 Å². The lowest BCUT2D eigenvalue weighted by atomic mass is 9.75. The minimum Gasteiger partial charge on any atom is -0.481 e. The van der Waals surface area contributed by atoms with Crippen LogP contribution in [0.15, 0.2) is 0 Å². The molecule has 0 bridgehead atoms. The average Bonchev–Trinajstić information content (AvgIpc) is 2.47. The van der Waals surface area contributed by atoms with Gasteiger partial charge in [0.15, 0.2) is 0 Å². The number of nitrogens with two attached hydrogens (primary N) is 1. The van der Waals surface area contributed by atoms with Gasteiger partial charge in [-0.15, -0.1) is 0 Å². The van der Waals surface area contributed by atoms with Crippen molar-refractivity contribution in [3.8, 4) is 0 Å². The fourth-order valence-corrected chi connectivity index (χ4v) is 3.52. The summed E-state index contributed by atoms with van der Waals surface area (Å²) in [6.45, 7) is 1.36. The summed E-state index contributed by atoms with van der Waals surface area (Å²) in [4.78, 5) is 24.0. The highest BCUT2D eigenvalue weighted by molar-refractivity contribution is 5.84.